The van der Waals surface area contributed by atoms with Gasteiger partial charge in [0.25, 0.3) is 0 Å². The largest absolute Gasteiger partial charge is 0.359 e. The van der Waals surface area contributed by atoms with Crippen molar-refractivity contribution in [1.82, 2.24) is 10.6 Å². The van der Waals surface area contributed by atoms with E-state index in [0.717, 1.165) is 4.47 Å². The zero-order chi connectivity index (χ0) is 12.0. The molecule has 1 aromatic carbocycles. The van der Waals surface area contributed by atoms with Gasteiger partial charge >= 0.3 is 0 Å². The van der Waals surface area contributed by atoms with Crippen molar-refractivity contribution in [3.05, 3.63) is 47.0 Å². The normalized spacial score (nSPS) is 11.6. The summed E-state index contributed by atoms with van der Waals surface area (Å²) in [6.07, 6.45) is 1.81. The Morgan fingerprint density at radius 1 is 1.56 bits per heavy atom. The second kappa shape index (κ2) is 6.66. The Hall–Kier alpha value is -0.870. The van der Waals surface area contributed by atoms with E-state index in [0.29, 0.717) is 11.7 Å². The van der Waals surface area contributed by atoms with E-state index in [2.05, 4.69) is 39.2 Å². The van der Waals surface area contributed by atoms with Crippen LogP contribution in [0.5, 0.6) is 0 Å². The molecule has 0 heterocycles. The molecule has 86 valence electrons. The van der Waals surface area contributed by atoms with E-state index >= 15 is 0 Å². The predicted molar refractivity (Wildman–Crippen MR) is 76.4 cm³/mol. The summed E-state index contributed by atoms with van der Waals surface area (Å²) in [4.78, 5) is 0. The molecule has 0 saturated carbocycles. The second-order valence-electron chi connectivity index (χ2n) is 3.44. The molecule has 2 N–H and O–H groups in total. The van der Waals surface area contributed by atoms with Gasteiger partial charge in [0.15, 0.2) is 5.11 Å². The van der Waals surface area contributed by atoms with Crippen LogP contribution >= 0.6 is 28.1 Å². The first kappa shape index (κ1) is 13.2. The predicted octanol–water partition coefficient (Wildman–Crippen LogP) is 2.99. The van der Waals surface area contributed by atoms with Gasteiger partial charge in [0, 0.05) is 17.1 Å². The van der Waals surface area contributed by atoms with Gasteiger partial charge in [0.1, 0.15) is 0 Å². The minimum absolute atomic E-state index is 0.180. The van der Waals surface area contributed by atoms with Crippen LogP contribution in [-0.2, 0) is 6.54 Å². The quantitative estimate of drug-likeness (QED) is 0.660. The first-order valence-corrected chi connectivity index (χ1v) is 6.24. The Kier molecular flexibility index (Phi) is 5.49. The lowest BCUT2D eigenvalue weighted by atomic mass is 10.2. The van der Waals surface area contributed by atoms with Crippen molar-refractivity contribution in [3.63, 3.8) is 0 Å². The van der Waals surface area contributed by atoms with Crippen LogP contribution in [0.1, 0.15) is 12.5 Å². The summed E-state index contributed by atoms with van der Waals surface area (Å²) in [5.41, 5.74) is 1.18. The number of halogens is 1. The zero-order valence-electron chi connectivity index (χ0n) is 9.16. The van der Waals surface area contributed by atoms with E-state index < -0.39 is 0 Å². The summed E-state index contributed by atoms with van der Waals surface area (Å²) in [7, 11) is 0. The Morgan fingerprint density at radius 3 is 2.88 bits per heavy atom. The molecule has 0 fully saturated rings. The Balaban J connectivity index is 2.43. The molecule has 0 aliphatic rings. The minimum atomic E-state index is 0.180. The molecule has 1 atom stereocenters. The van der Waals surface area contributed by atoms with Gasteiger partial charge in [-0.15, -0.1) is 6.58 Å². The summed E-state index contributed by atoms with van der Waals surface area (Å²) in [5, 5.41) is 6.90. The van der Waals surface area contributed by atoms with Gasteiger partial charge in [-0.05, 0) is 30.8 Å². The molecule has 0 saturated heterocycles. The molecule has 0 bridgehead atoms. The van der Waals surface area contributed by atoms with Crippen molar-refractivity contribution in [2.45, 2.75) is 19.5 Å². The number of nitrogens with one attached hydrogen (secondary N) is 2. The zero-order valence-corrected chi connectivity index (χ0v) is 11.6. The molecule has 0 aliphatic carbocycles. The number of rotatable bonds is 4. The highest BCUT2D eigenvalue weighted by Gasteiger charge is 2.01. The highest BCUT2D eigenvalue weighted by molar-refractivity contribution is 9.10. The summed E-state index contributed by atoms with van der Waals surface area (Å²) in [6, 6.07) is 8.24. The molecular formula is C12H15BrN2S. The topological polar surface area (TPSA) is 24.1 Å². The summed E-state index contributed by atoms with van der Waals surface area (Å²) >= 11 is 8.64. The van der Waals surface area contributed by atoms with Crippen molar-refractivity contribution in [3.8, 4) is 0 Å². The molecule has 0 radical (unpaired) electrons. The lowest BCUT2D eigenvalue weighted by Crippen LogP contribution is -2.39. The van der Waals surface area contributed by atoms with Crippen LogP contribution in [0.15, 0.2) is 41.4 Å². The molecular weight excluding hydrogens is 284 g/mol. The number of thiocarbonyl (C=S) groups is 1. The second-order valence-corrected chi connectivity index (χ2v) is 4.71. The monoisotopic (exact) mass is 298 g/mol. The molecule has 0 aliphatic heterocycles. The first-order chi connectivity index (χ1) is 7.63. The highest BCUT2D eigenvalue weighted by atomic mass is 79.9. The van der Waals surface area contributed by atoms with E-state index in [4.69, 9.17) is 12.2 Å². The number of benzene rings is 1. The van der Waals surface area contributed by atoms with Crippen LogP contribution in [-0.4, -0.2) is 11.2 Å². The van der Waals surface area contributed by atoms with E-state index in [1.807, 2.05) is 31.2 Å². The average Bonchev–Trinajstić information content (AvgIpc) is 2.28. The lowest BCUT2D eigenvalue weighted by molar-refractivity contribution is 0.770. The molecule has 1 unspecified atom stereocenters. The maximum Gasteiger partial charge on any atom is 0.167 e. The molecule has 0 spiro atoms. The third-order valence-electron chi connectivity index (χ3n) is 2.11. The van der Waals surface area contributed by atoms with Crippen LogP contribution in [0, 0.1) is 0 Å². The first-order valence-electron chi connectivity index (χ1n) is 5.04. The maximum atomic E-state index is 5.15. The van der Waals surface area contributed by atoms with Crippen molar-refractivity contribution in [1.29, 1.82) is 0 Å². The Labute approximate surface area is 110 Å². The van der Waals surface area contributed by atoms with Crippen LogP contribution in [0.3, 0.4) is 0 Å². The van der Waals surface area contributed by atoms with Crippen molar-refractivity contribution in [2.24, 2.45) is 0 Å². The smallest absolute Gasteiger partial charge is 0.167 e. The maximum absolute atomic E-state index is 5.15. The van der Waals surface area contributed by atoms with Crippen LogP contribution in [0.4, 0.5) is 0 Å². The van der Waals surface area contributed by atoms with Gasteiger partial charge in [-0.1, -0.05) is 40.2 Å². The Bertz CT molecular complexity index is 379. The average molecular weight is 299 g/mol. The van der Waals surface area contributed by atoms with Gasteiger partial charge < -0.3 is 10.6 Å². The number of hydrogen-bond donors (Lipinski definition) is 2. The van der Waals surface area contributed by atoms with E-state index in [-0.39, 0.29) is 6.04 Å². The van der Waals surface area contributed by atoms with Gasteiger partial charge in [0.05, 0.1) is 0 Å². The minimum Gasteiger partial charge on any atom is -0.359 e. The van der Waals surface area contributed by atoms with Crippen LogP contribution in [0.2, 0.25) is 0 Å². The van der Waals surface area contributed by atoms with Gasteiger partial charge in [-0.2, -0.15) is 0 Å². The standard InChI is InChI=1S/C12H15BrN2S/c1-3-9(2)15-12(16)14-8-10-6-4-5-7-11(10)13/h3-7,9H,1,8H2,2H3,(H2,14,15,16). The van der Waals surface area contributed by atoms with Crippen molar-refractivity contribution < 1.29 is 0 Å². The fourth-order valence-electron chi connectivity index (χ4n) is 1.13. The molecule has 0 amide bonds. The molecule has 4 heteroatoms. The van der Waals surface area contributed by atoms with Gasteiger partial charge in [-0.25, -0.2) is 0 Å². The van der Waals surface area contributed by atoms with Crippen molar-refractivity contribution in [2.75, 3.05) is 0 Å². The highest BCUT2D eigenvalue weighted by Crippen LogP contribution is 2.15. The summed E-state index contributed by atoms with van der Waals surface area (Å²) in [5.74, 6) is 0. The number of hydrogen-bond acceptors (Lipinski definition) is 1. The molecule has 0 aromatic heterocycles. The van der Waals surface area contributed by atoms with E-state index in [1.54, 1.807) is 0 Å². The van der Waals surface area contributed by atoms with Crippen molar-refractivity contribution >= 4 is 33.3 Å². The van der Waals surface area contributed by atoms with Gasteiger partial charge in [0.2, 0.25) is 0 Å². The lowest BCUT2D eigenvalue weighted by Gasteiger charge is -2.14. The molecule has 2 nitrogen and oxygen atoms in total. The van der Waals surface area contributed by atoms with E-state index in [9.17, 15) is 0 Å². The summed E-state index contributed by atoms with van der Waals surface area (Å²) in [6.45, 7) is 6.39. The third-order valence-corrected chi connectivity index (χ3v) is 3.15. The van der Waals surface area contributed by atoms with E-state index in [1.165, 1.54) is 5.56 Å². The Morgan fingerprint density at radius 2 is 2.25 bits per heavy atom. The van der Waals surface area contributed by atoms with Crippen LogP contribution < -0.4 is 10.6 Å². The molecule has 1 aromatic rings. The summed E-state index contributed by atoms with van der Waals surface area (Å²) < 4.78 is 1.09. The van der Waals surface area contributed by atoms with Gasteiger partial charge in [-0.3, -0.25) is 0 Å². The third kappa shape index (κ3) is 4.33. The molecule has 16 heavy (non-hydrogen) atoms. The fraction of sp³-hybridized carbons (Fsp3) is 0.250. The fourth-order valence-corrected chi connectivity index (χ4v) is 1.82. The SMILES string of the molecule is C=CC(C)NC(=S)NCc1ccccc1Br. The van der Waals surface area contributed by atoms with Crippen LogP contribution in [0.25, 0.3) is 0 Å². The molecule has 1 rings (SSSR count).